The first-order valence-electron chi connectivity index (χ1n) is 7.10. The van der Waals surface area contributed by atoms with Crippen LogP contribution in [-0.4, -0.2) is 17.6 Å². The van der Waals surface area contributed by atoms with Gasteiger partial charge in [0.25, 0.3) is 0 Å². The number of ether oxygens (including phenoxy) is 1. The van der Waals surface area contributed by atoms with Gasteiger partial charge in [0, 0.05) is 11.4 Å². The standard InChI is InChI=1S/C15H18N2O2S2/c1-3-19-14(18)11-4-5-12-13(11)17-15(21-12)16-6-10-8-20-7-9(10)2/h7-8,11H,3-6H2,1-2H3,(H,16,17). The Kier molecular flexibility index (Phi) is 4.26. The Morgan fingerprint density at radius 2 is 2.38 bits per heavy atom. The molecule has 2 aromatic heterocycles. The largest absolute Gasteiger partial charge is 0.465 e. The lowest BCUT2D eigenvalue weighted by Gasteiger charge is -2.08. The number of nitrogens with one attached hydrogen (secondary N) is 1. The number of nitrogens with zero attached hydrogens (tertiary/aromatic N) is 1. The van der Waals surface area contributed by atoms with Gasteiger partial charge in [0.1, 0.15) is 5.92 Å². The molecule has 0 fully saturated rings. The lowest BCUT2D eigenvalue weighted by atomic mass is 10.1. The number of carbonyl (C=O) groups is 1. The van der Waals surface area contributed by atoms with Crippen LogP contribution in [0.1, 0.15) is 41.0 Å². The molecule has 6 heteroatoms. The molecule has 2 aromatic rings. The third kappa shape index (κ3) is 2.96. The van der Waals surface area contributed by atoms with Crippen molar-refractivity contribution >= 4 is 33.8 Å². The molecule has 1 aliphatic rings. The van der Waals surface area contributed by atoms with Crippen LogP contribution in [0.3, 0.4) is 0 Å². The van der Waals surface area contributed by atoms with Crippen molar-refractivity contribution in [2.75, 3.05) is 11.9 Å². The van der Waals surface area contributed by atoms with Crippen molar-refractivity contribution in [1.82, 2.24) is 4.98 Å². The van der Waals surface area contributed by atoms with E-state index in [9.17, 15) is 4.79 Å². The van der Waals surface area contributed by atoms with Crippen LogP contribution in [0.2, 0.25) is 0 Å². The Balaban J connectivity index is 1.69. The minimum Gasteiger partial charge on any atom is -0.465 e. The first kappa shape index (κ1) is 14.5. The van der Waals surface area contributed by atoms with E-state index >= 15 is 0 Å². The molecule has 3 rings (SSSR count). The zero-order valence-electron chi connectivity index (χ0n) is 12.1. The summed E-state index contributed by atoms with van der Waals surface area (Å²) in [5.41, 5.74) is 3.53. The average molecular weight is 322 g/mol. The van der Waals surface area contributed by atoms with Crippen LogP contribution in [0.5, 0.6) is 0 Å². The number of thiophene rings is 1. The fourth-order valence-corrected chi connectivity index (χ4v) is 4.40. The summed E-state index contributed by atoms with van der Waals surface area (Å²) < 4.78 is 5.13. The summed E-state index contributed by atoms with van der Waals surface area (Å²) in [5, 5.41) is 8.58. The lowest BCUT2D eigenvalue weighted by Crippen LogP contribution is -2.14. The molecule has 0 aliphatic heterocycles. The van der Waals surface area contributed by atoms with Crippen molar-refractivity contribution in [1.29, 1.82) is 0 Å². The highest BCUT2D eigenvalue weighted by molar-refractivity contribution is 7.15. The summed E-state index contributed by atoms with van der Waals surface area (Å²) in [6.07, 6.45) is 1.76. The van der Waals surface area contributed by atoms with E-state index in [-0.39, 0.29) is 11.9 Å². The van der Waals surface area contributed by atoms with E-state index in [0.717, 1.165) is 30.2 Å². The number of hydrogen-bond donors (Lipinski definition) is 1. The molecule has 112 valence electrons. The Hall–Kier alpha value is -1.40. The van der Waals surface area contributed by atoms with Crippen LogP contribution in [0.15, 0.2) is 10.8 Å². The van der Waals surface area contributed by atoms with E-state index in [4.69, 9.17) is 4.74 Å². The highest BCUT2D eigenvalue weighted by atomic mass is 32.1. The Labute approximate surface area is 132 Å². The van der Waals surface area contributed by atoms with Crippen molar-refractivity contribution < 1.29 is 9.53 Å². The molecule has 21 heavy (non-hydrogen) atoms. The Morgan fingerprint density at radius 3 is 3.10 bits per heavy atom. The predicted octanol–water partition coefficient (Wildman–Crippen LogP) is 3.72. The number of thiazole rings is 1. The van der Waals surface area contributed by atoms with E-state index < -0.39 is 0 Å². The van der Waals surface area contributed by atoms with Gasteiger partial charge in [-0.05, 0) is 48.6 Å². The van der Waals surface area contributed by atoms with Gasteiger partial charge in [-0.15, -0.1) is 11.3 Å². The van der Waals surface area contributed by atoms with E-state index in [0.29, 0.717) is 6.61 Å². The summed E-state index contributed by atoms with van der Waals surface area (Å²) in [6.45, 7) is 5.17. The van der Waals surface area contributed by atoms with Crippen molar-refractivity contribution in [3.8, 4) is 0 Å². The number of fused-ring (bicyclic) bond motifs is 1. The molecule has 0 aromatic carbocycles. The van der Waals surface area contributed by atoms with Crippen molar-refractivity contribution in [2.45, 2.75) is 39.2 Å². The maximum Gasteiger partial charge on any atom is 0.315 e. The number of anilines is 1. The molecule has 2 heterocycles. The van der Waals surface area contributed by atoms with Gasteiger partial charge in [-0.1, -0.05) is 0 Å². The van der Waals surface area contributed by atoms with Crippen LogP contribution >= 0.6 is 22.7 Å². The van der Waals surface area contributed by atoms with Crippen LogP contribution in [-0.2, 0) is 22.5 Å². The minimum absolute atomic E-state index is 0.137. The quantitative estimate of drug-likeness (QED) is 0.853. The molecule has 1 N–H and O–H groups in total. The van der Waals surface area contributed by atoms with E-state index in [1.165, 1.54) is 16.0 Å². The maximum atomic E-state index is 11.9. The van der Waals surface area contributed by atoms with Gasteiger partial charge in [0.2, 0.25) is 0 Å². The van der Waals surface area contributed by atoms with E-state index in [2.05, 4.69) is 28.0 Å². The summed E-state index contributed by atoms with van der Waals surface area (Å²) in [5.74, 6) is -0.309. The Bertz CT molecular complexity index is 648. The van der Waals surface area contributed by atoms with Crippen molar-refractivity contribution in [3.05, 3.63) is 32.5 Å². The second-order valence-electron chi connectivity index (χ2n) is 5.10. The molecular weight excluding hydrogens is 304 g/mol. The number of hydrogen-bond acceptors (Lipinski definition) is 6. The molecule has 4 nitrogen and oxygen atoms in total. The second kappa shape index (κ2) is 6.15. The fraction of sp³-hybridized carbons (Fsp3) is 0.467. The predicted molar refractivity (Wildman–Crippen MR) is 86.2 cm³/mol. The lowest BCUT2D eigenvalue weighted by molar-refractivity contribution is -0.145. The maximum absolute atomic E-state index is 11.9. The topological polar surface area (TPSA) is 51.2 Å². The van der Waals surface area contributed by atoms with Gasteiger partial charge in [-0.2, -0.15) is 11.3 Å². The molecule has 0 amide bonds. The van der Waals surface area contributed by atoms with Crippen LogP contribution in [0, 0.1) is 6.92 Å². The average Bonchev–Trinajstić information content (AvgIpc) is 3.11. The van der Waals surface area contributed by atoms with Gasteiger partial charge < -0.3 is 10.1 Å². The highest BCUT2D eigenvalue weighted by Crippen LogP contribution is 2.39. The summed E-state index contributed by atoms with van der Waals surface area (Å²) in [4.78, 5) is 17.8. The molecule has 0 bridgehead atoms. The molecule has 1 unspecified atom stereocenters. The van der Waals surface area contributed by atoms with Crippen LogP contribution < -0.4 is 5.32 Å². The first-order chi connectivity index (χ1) is 10.2. The summed E-state index contributed by atoms with van der Waals surface area (Å²) in [7, 11) is 0. The van der Waals surface area contributed by atoms with E-state index in [1.807, 2.05) is 6.92 Å². The summed E-state index contributed by atoms with van der Waals surface area (Å²) in [6, 6.07) is 0. The monoisotopic (exact) mass is 322 g/mol. The zero-order chi connectivity index (χ0) is 14.8. The van der Waals surface area contributed by atoms with Crippen molar-refractivity contribution in [3.63, 3.8) is 0 Å². The SMILES string of the molecule is CCOC(=O)C1CCc2sc(NCc3cscc3C)nc21. The van der Waals surface area contributed by atoms with Gasteiger partial charge in [0.15, 0.2) is 5.13 Å². The minimum atomic E-state index is -0.172. The number of carbonyl (C=O) groups excluding carboxylic acids is 1. The van der Waals surface area contributed by atoms with Gasteiger partial charge in [-0.3, -0.25) is 4.79 Å². The summed E-state index contributed by atoms with van der Waals surface area (Å²) >= 11 is 3.38. The third-order valence-electron chi connectivity index (χ3n) is 3.68. The van der Waals surface area contributed by atoms with Crippen LogP contribution in [0.25, 0.3) is 0 Å². The molecule has 0 radical (unpaired) electrons. The zero-order valence-corrected chi connectivity index (χ0v) is 13.8. The second-order valence-corrected chi connectivity index (χ2v) is 6.93. The number of esters is 1. The first-order valence-corrected chi connectivity index (χ1v) is 8.86. The van der Waals surface area contributed by atoms with Gasteiger partial charge in [-0.25, -0.2) is 4.98 Å². The molecule has 0 saturated carbocycles. The fourth-order valence-electron chi connectivity index (χ4n) is 2.51. The molecular formula is C15H18N2O2S2. The third-order valence-corrected chi connectivity index (χ3v) is 5.68. The molecule has 0 spiro atoms. The van der Waals surface area contributed by atoms with Crippen LogP contribution in [0.4, 0.5) is 5.13 Å². The van der Waals surface area contributed by atoms with Gasteiger partial charge in [0.05, 0.1) is 12.3 Å². The molecule has 1 atom stereocenters. The number of aryl methyl sites for hydroxylation is 2. The molecule has 0 saturated heterocycles. The number of rotatable bonds is 5. The molecule has 1 aliphatic carbocycles. The van der Waals surface area contributed by atoms with E-state index in [1.54, 1.807) is 22.7 Å². The highest BCUT2D eigenvalue weighted by Gasteiger charge is 2.33. The smallest absolute Gasteiger partial charge is 0.315 e. The normalized spacial score (nSPS) is 16.8. The van der Waals surface area contributed by atoms with Crippen molar-refractivity contribution in [2.24, 2.45) is 0 Å². The number of aromatic nitrogens is 1. The Morgan fingerprint density at radius 1 is 1.52 bits per heavy atom. The van der Waals surface area contributed by atoms with Gasteiger partial charge >= 0.3 is 5.97 Å².